The van der Waals surface area contributed by atoms with E-state index in [4.69, 9.17) is 10.8 Å². The van der Waals surface area contributed by atoms with Gasteiger partial charge >= 0.3 is 5.97 Å². The minimum Gasteiger partial charge on any atom is -0.480 e. The number of nitrogens with one attached hydrogen (secondary N) is 1. The Morgan fingerprint density at radius 1 is 1.80 bits per heavy atom. The van der Waals surface area contributed by atoms with E-state index in [-0.39, 0.29) is 12.6 Å². The molecule has 0 aromatic carbocycles. The fraction of sp³-hybridized carbons (Fsp3) is 0.833. The highest BCUT2D eigenvalue weighted by molar-refractivity contribution is 5.69. The number of carboxylic acids is 1. The highest BCUT2D eigenvalue weighted by atomic mass is 16.4. The molecule has 0 aliphatic carbocycles. The summed E-state index contributed by atoms with van der Waals surface area (Å²) in [5, 5.41) is 11.0. The molecule has 10 heavy (non-hydrogen) atoms. The van der Waals surface area contributed by atoms with E-state index in [9.17, 15) is 4.79 Å². The summed E-state index contributed by atoms with van der Waals surface area (Å²) in [7, 11) is 0. The van der Waals surface area contributed by atoms with E-state index in [1.165, 1.54) is 0 Å². The Kier molecular flexibility index (Phi) is 4.88. The number of aliphatic carboxylic acids is 1. The van der Waals surface area contributed by atoms with Gasteiger partial charge in [0.15, 0.2) is 0 Å². The van der Waals surface area contributed by atoms with Crippen molar-refractivity contribution in [2.45, 2.75) is 19.4 Å². The van der Waals surface area contributed by atoms with Crippen LogP contribution in [0.5, 0.6) is 0 Å². The summed E-state index contributed by atoms with van der Waals surface area (Å²) in [6.07, 6.45) is 0.865. The molecule has 0 spiro atoms. The average Bonchev–Trinajstić information content (AvgIpc) is 1.90. The first-order valence-corrected chi connectivity index (χ1v) is 3.36. The highest BCUT2D eigenvalue weighted by Crippen LogP contribution is 1.85. The second kappa shape index (κ2) is 5.20. The predicted molar refractivity (Wildman–Crippen MR) is 38.8 cm³/mol. The van der Waals surface area contributed by atoms with Crippen LogP contribution < -0.4 is 11.1 Å². The molecule has 60 valence electrons. The number of rotatable bonds is 5. The molecule has 0 fully saturated rings. The monoisotopic (exact) mass is 146 g/mol. The van der Waals surface area contributed by atoms with Gasteiger partial charge in [0.2, 0.25) is 0 Å². The lowest BCUT2D eigenvalue weighted by atomic mass is 10.2. The van der Waals surface area contributed by atoms with Gasteiger partial charge in [0.05, 0.1) is 6.54 Å². The normalized spacial score (nSPS) is 13.0. The average molecular weight is 146 g/mol. The molecule has 4 N–H and O–H groups in total. The van der Waals surface area contributed by atoms with Gasteiger partial charge in [-0.3, -0.25) is 4.79 Å². The van der Waals surface area contributed by atoms with Crippen molar-refractivity contribution < 1.29 is 9.90 Å². The lowest BCUT2D eigenvalue weighted by Gasteiger charge is -2.11. The third-order valence-corrected chi connectivity index (χ3v) is 1.32. The Labute approximate surface area is 60.4 Å². The van der Waals surface area contributed by atoms with Crippen LogP contribution in [0.2, 0.25) is 0 Å². The molecule has 0 saturated carbocycles. The molecule has 0 amide bonds. The van der Waals surface area contributed by atoms with E-state index < -0.39 is 5.97 Å². The molecule has 0 aromatic rings. The summed E-state index contributed by atoms with van der Waals surface area (Å²) in [6, 6.07) is 0.135. The number of carbonyl (C=O) groups is 1. The zero-order chi connectivity index (χ0) is 7.98. The molecule has 0 rings (SSSR count). The van der Waals surface area contributed by atoms with Crippen LogP contribution in [0.1, 0.15) is 13.3 Å². The van der Waals surface area contributed by atoms with Crippen LogP contribution in [0.15, 0.2) is 0 Å². The molecule has 4 nitrogen and oxygen atoms in total. The fourth-order valence-electron chi connectivity index (χ4n) is 0.626. The maximum absolute atomic E-state index is 10.0. The van der Waals surface area contributed by atoms with Crippen molar-refractivity contribution in [3.05, 3.63) is 0 Å². The van der Waals surface area contributed by atoms with Gasteiger partial charge in [-0.25, -0.2) is 0 Å². The maximum Gasteiger partial charge on any atom is 0.317 e. The lowest BCUT2D eigenvalue weighted by Crippen LogP contribution is -2.38. The van der Waals surface area contributed by atoms with Crippen LogP contribution in [0.3, 0.4) is 0 Å². The van der Waals surface area contributed by atoms with E-state index in [0.29, 0.717) is 6.54 Å². The SMILES string of the molecule is CCC(CN)NCC(=O)O. The Bertz CT molecular complexity index is 102. The smallest absolute Gasteiger partial charge is 0.317 e. The topological polar surface area (TPSA) is 75.3 Å². The van der Waals surface area contributed by atoms with Crippen LogP contribution >= 0.6 is 0 Å². The van der Waals surface area contributed by atoms with Crippen LogP contribution in [-0.4, -0.2) is 30.2 Å². The van der Waals surface area contributed by atoms with E-state index in [1.807, 2.05) is 6.92 Å². The Balaban J connectivity index is 3.34. The maximum atomic E-state index is 10.0. The number of hydrogen-bond donors (Lipinski definition) is 3. The number of nitrogens with two attached hydrogens (primary N) is 1. The number of hydrogen-bond acceptors (Lipinski definition) is 3. The highest BCUT2D eigenvalue weighted by Gasteiger charge is 2.03. The van der Waals surface area contributed by atoms with Crippen molar-refractivity contribution in [1.29, 1.82) is 0 Å². The first-order chi connectivity index (χ1) is 4.70. The molecular weight excluding hydrogens is 132 g/mol. The van der Waals surface area contributed by atoms with Gasteiger partial charge in [-0.1, -0.05) is 6.92 Å². The number of carboxylic acid groups (broad SMARTS) is 1. The second-order valence-corrected chi connectivity index (χ2v) is 2.12. The molecule has 0 aliphatic rings. The first-order valence-electron chi connectivity index (χ1n) is 3.36. The van der Waals surface area contributed by atoms with Gasteiger partial charge in [-0.2, -0.15) is 0 Å². The molecule has 0 radical (unpaired) electrons. The van der Waals surface area contributed by atoms with Gasteiger partial charge in [0.25, 0.3) is 0 Å². The Morgan fingerprint density at radius 2 is 2.40 bits per heavy atom. The quantitative estimate of drug-likeness (QED) is 0.484. The summed E-state index contributed by atoms with van der Waals surface area (Å²) in [5.74, 6) is -0.841. The minimum atomic E-state index is -0.841. The molecule has 1 atom stereocenters. The molecule has 0 aromatic heterocycles. The fourth-order valence-corrected chi connectivity index (χ4v) is 0.626. The molecule has 1 unspecified atom stereocenters. The zero-order valence-corrected chi connectivity index (χ0v) is 6.13. The van der Waals surface area contributed by atoms with Crippen molar-refractivity contribution in [3.8, 4) is 0 Å². The summed E-state index contributed by atoms with van der Waals surface area (Å²) in [4.78, 5) is 10.0. The van der Waals surface area contributed by atoms with Gasteiger partial charge < -0.3 is 16.2 Å². The van der Waals surface area contributed by atoms with Crippen molar-refractivity contribution in [2.75, 3.05) is 13.1 Å². The van der Waals surface area contributed by atoms with E-state index >= 15 is 0 Å². The molecule has 0 aliphatic heterocycles. The molecule has 4 heteroatoms. The third kappa shape index (κ3) is 4.29. The Morgan fingerprint density at radius 3 is 2.70 bits per heavy atom. The minimum absolute atomic E-state index is 0.00426. The predicted octanol–water partition coefficient (Wildman–Crippen LogP) is -0.602. The van der Waals surface area contributed by atoms with Gasteiger partial charge in [0.1, 0.15) is 0 Å². The largest absolute Gasteiger partial charge is 0.480 e. The van der Waals surface area contributed by atoms with Crippen LogP contribution in [-0.2, 0) is 4.79 Å². The van der Waals surface area contributed by atoms with Crippen molar-refractivity contribution in [2.24, 2.45) is 5.73 Å². The summed E-state index contributed by atoms with van der Waals surface area (Å²) in [6.45, 7) is 2.45. The summed E-state index contributed by atoms with van der Waals surface area (Å²) < 4.78 is 0. The standard InChI is InChI=1S/C6H14N2O2/c1-2-5(3-7)8-4-6(9)10/h5,8H,2-4,7H2,1H3,(H,9,10). The third-order valence-electron chi connectivity index (χ3n) is 1.32. The molecule has 0 saturated heterocycles. The second-order valence-electron chi connectivity index (χ2n) is 2.12. The van der Waals surface area contributed by atoms with Crippen LogP contribution in [0.25, 0.3) is 0 Å². The van der Waals surface area contributed by atoms with Crippen molar-refractivity contribution >= 4 is 5.97 Å². The van der Waals surface area contributed by atoms with Crippen molar-refractivity contribution in [3.63, 3.8) is 0 Å². The van der Waals surface area contributed by atoms with Gasteiger partial charge in [-0.05, 0) is 6.42 Å². The Hall–Kier alpha value is -0.610. The van der Waals surface area contributed by atoms with E-state index in [2.05, 4.69) is 5.32 Å². The first kappa shape index (κ1) is 9.39. The molecule has 0 heterocycles. The van der Waals surface area contributed by atoms with Crippen LogP contribution in [0, 0.1) is 0 Å². The van der Waals surface area contributed by atoms with Gasteiger partial charge in [0, 0.05) is 12.6 Å². The zero-order valence-electron chi connectivity index (χ0n) is 6.13. The lowest BCUT2D eigenvalue weighted by molar-refractivity contribution is -0.136. The van der Waals surface area contributed by atoms with Gasteiger partial charge in [-0.15, -0.1) is 0 Å². The summed E-state index contributed by atoms with van der Waals surface area (Å²) in [5.41, 5.74) is 5.31. The van der Waals surface area contributed by atoms with E-state index in [1.54, 1.807) is 0 Å². The summed E-state index contributed by atoms with van der Waals surface area (Å²) >= 11 is 0. The van der Waals surface area contributed by atoms with Crippen LogP contribution in [0.4, 0.5) is 0 Å². The van der Waals surface area contributed by atoms with Crippen molar-refractivity contribution in [1.82, 2.24) is 5.32 Å². The molecular formula is C6H14N2O2. The van der Waals surface area contributed by atoms with E-state index in [0.717, 1.165) is 6.42 Å². The molecule has 0 bridgehead atoms.